The number of carbonyl (C=O) groups excluding carboxylic acids is 1. The molecule has 0 saturated carbocycles. The second-order valence-corrected chi connectivity index (χ2v) is 3.93. The number of anilines is 1. The third kappa shape index (κ3) is 3.81. The van der Waals surface area contributed by atoms with Crippen molar-refractivity contribution in [2.75, 3.05) is 18.5 Å². The lowest BCUT2D eigenvalue weighted by Crippen LogP contribution is -2.12. The molecule has 0 aliphatic heterocycles. The van der Waals surface area contributed by atoms with Gasteiger partial charge in [0.1, 0.15) is 5.82 Å². The predicted octanol–water partition coefficient (Wildman–Crippen LogP) is 2.95. The average molecular weight is 290 g/mol. The number of nitrogens with one attached hydrogen (secondary N) is 1. The van der Waals surface area contributed by atoms with E-state index in [1.54, 1.807) is 19.1 Å². The number of hydrogen-bond donors (Lipinski definition) is 1. The summed E-state index contributed by atoms with van der Waals surface area (Å²) >= 11 is 3.23. The van der Waals surface area contributed by atoms with E-state index in [4.69, 9.17) is 4.74 Å². The smallest absolute Gasteiger partial charge is 0.307 e. The summed E-state index contributed by atoms with van der Waals surface area (Å²) in [4.78, 5) is 11.0. The Hall–Kier alpha value is -1.10. The number of carbonyl (C=O) groups is 1. The largest absolute Gasteiger partial charge is 0.466 e. The minimum Gasteiger partial charge on any atom is -0.466 e. The van der Waals surface area contributed by atoms with Gasteiger partial charge < -0.3 is 10.1 Å². The highest BCUT2D eigenvalue weighted by atomic mass is 79.9. The fourth-order valence-electron chi connectivity index (χ4n) is 1.19. The van der Waals surface area contributed by atoms with Gasteiger partial charge in [0.05, 0.1) is 18.7 Å². The third-order valence-electron chi connectivity index (χ3n) is 1.90. The number of para-hydroxylation sites is 1. The van der Waals surface area contributed by atoms with Crippen LogP contribution in [-0.2, 0) is 9.53 Å². The van der Waals surface area contributed by atoms with Crippen LogP contribution in [0.15, 0.2) is 22.7 Å². The van der Waals surface area contributed by atoms with Gasteiger partial charge in [-0.3, -0.25) is 4.79 Å². The molecule has 0 fully saturated rings. The second-order valence-electron chi connectivity index (χ2n) is 3.08. The van der Waals surface area contributed by atoms with Gasteiger partial charge in [-0.15, -0.1) is 0 Å². The molecule has 0 heterocycles. The van der Waals surface area contributed by atoms with Gasteiger partial charge in [0.15, 0.2) is 0 Å². The van der Waals surface area contributed by atoms with Crippen LogP contribution in [0.5, 0.6) is 0 Å². The summed E-state index contributed by atoms with van der Waals surface area (Å²) in [5.74, 6) is -0.638. The fourth-order valence-corrected chi connectivity index (χ4v) is 1.67. The summed E-state index contributed by atoms with van der Waals surface area (Å²) in [7, 11) is 0. The van der Waals surface area contributed by atoms with E-state index < -0.39 is 0 Å². The number of esters is 1. The maximum atomic E-state index is 13.3. The minimum atomic E-state index is -0.349. The fraction of sp³-hybridized carbons (Fsp3) is 0.364. The molecule has 1 aromatic rings. The van der Waals surface area contributed by atoms with Crippen LogP contribution in [0.2, 0.25) is 0 Å². The minimum absolute atomic E-state index is 0.217. The summed E-state index contributed by atoms with van der Waals surface area (Å²) in [6.07, 6.45) is 0.217. The lowest BCUT2D eigenvalue weighted by molar-refractivity contribution is -0.142. The molecule has 5 heteroatoms. The molecule has 0 bridgehead atoms. The average Bonchev–Trinajstić information content (AvgIpc) is 2.23. The van der Waals surface area contributed by atoms with E-state index >= 15 is 0 Å². The van der Waals surface area contributed by atoms with Crippen molar-refractivity contribution in [3.8, 4) is 0 Å². The van der Waals surface area contributed by atoms with Gasteiger partial charge in [-0.25, -0.2) is 4.39 Å². The van der Waals surface area contributed by atoms with Gasteiger partial charge in [-0.2, -0.15) is 0 Å². The molecule has 0 saturated heterocycles. The Morgan fingerprint density at radius 3 is 2.94 bits per heavy atom. The number of benzene rings is 1. The molecule has 3 nitrogen and oxygen atoms in total. The lowest BCUT2D eigenvalue weighted by Gasteiger charge is -2.08. The van der Waals surface area contributed by atoms with Crippen molar-refractivity contribution in [3.05, 3.63) is 28.5 Å². The highest BCUT2D eigenvalue weighted by molar-refractivity contribution is 9.10. The van der Waals surface area contributed by atoms with E-state index in [1.165, 1.54) is 6.07 Å². The normalized spacial score (nSPS) is 9.94. The van der Waals surface area contributed by atoms with E-state index in [9.17, 15) is 9.18 Å². The summed E-state index contributed by atoms with van der Waals surface area (Å²) in [5.41, 5.74) is 0.367. The van der Waals surface area contributed by atoms with Crippen molar-refractivity contribution in [1.29, 1.82) is 0 Å². The molecule has 0 spiro atoms. The Balaban J connectivity index is 2.46. The first-order valence-corrected chi connectivity index (χ1v) is 5.78. The summed E-state index contributed by atoms with van der Waals surface area (Å²) in [6.45, 7) is 2.46. The van der Waals surface area contributed by atoms with E-state index in [0.29, 0.717) is 23.3 Å². The first kappa shape index (κ1) is 13.0. The van der Waals surface area contributed by atoms with E-state index in [0.717, 1.165) is 0 Å². The molecule has 88 valence electrons. The molecule has 1 rings (SSSR count). The second kappa shape index (κ2) is 6.48. The Labute approximate surface area is 102 Å². The highest BCUT2D eigenvalue weighted by Crippen LogP contribution is 2.24. The van der Waals surface area contributed by atoms with Crippen LogP contribution in [0, 0.1) is 5.82 Å². The Morgan fingerprint density at radius 2 is 2.31 bits per heavy atom. The van der Waals surface area contributed by atoms with Crippen molar-refractivity contribution in [3.63, 3.8) is 0 Å². The standard InChI is InChI=1S/C11H13BrFNO2/c1-2-16-10(15)6-7-14-11-8(12)4-3-5-9(11)13/h3-5,14H,2,6-7H2,1H3. The number of rotatable bonds is 5. The van der Waals surface area contributed by atoms with Crippen LogP contribution in [0.25, 0.3) is 0 Å². The van der Waals surface area contributed by atoms with Crippen LogP contribution in [0.1, 0.15) is 13.3 Å². The Morgan fingerprint density at radius 1 is 1.56 bits per heavy atom. The summed E-state index contributed by atoms with van der Waals surface area (Å²) < 4.78 is 18.7. The molecule has 0 aliphatic rings. The van der Waals surface area contributed by atoms with Crippen molar-refractivity contribution in [1.82, 2.24) is 0 Å². The van der Waals surface area contributed by atoms with Gasteiger partial charge in [-0.1, -0.05) is 6.07 Å². The molecule has 0 aromatic heterocycles. The van der Waals surface area contributed by atoms with Gasteiger partial charge in [0, 0.05) is 11.0 Å². The molecule has 0 unspecified atom stereocenters. The summed E-state index contributed by atoms with van der Waals surface area (Å²) in [5, 5.41) is 2.85. The van der Waals surface area contributed by atoms with Crippen LogP contribution < -0.4 is 5.32 Å². The highest BCUT2D eigenvalue weighted by Gasteiger charge is 2.06. The molecule has 0 radical (unpaired) electrons. The molecule has 16 heavy (non-hydrogen) atoms. The maximum Gasteiger partial charge on any atom is 0.307 e. The van der Waals surface area contributed by atoms with Crippen molar-refractivity contribution >= 4 is 27.6 Å². The van der Waals surface area contributed by atoms with Crippen LogP contribution in [0.3, 0.4) is 0 Å². The van der Waals surface area contributed by atoms with Gasteiger partial charge in [0.25, 0.3) is 0 Å². The van der Waals surface area contributed by atoms with Gasteiger partial charge >= 0.3 is 5.97 Å². The van der Waals surface area contributed by atoms with Crippen molar-refractivity contribution in [2.45, 2.75) is 13.3 Å². The third-order valence-corrected chi connectivity index (χ3v) is 2.56. The molecular formula is C11H13BrFNO2. The molecule has 1 aromatic carbocycles. The van der Waals surface area contributed by atoms with Crippen LogP contribution in [-0.4, -0.2) is 19.1 Å². The summed E-state index contributed by atoms with van der Waals surface area (Å²) in [6, 6.07) is 4.70. The van der Waals surface area contributed by atoms with Gasteiger partial charge in [0.2, 0.25) is 0 Å². The van der Waals surface area contributed by atoms with E-state index in [-0.39, 0.29) is 18.2 Å². The zero-order valence-corrected chi connectivity index (χ0v) is 10.5. The van der Waals surface area contributed by atoms with Crippen molar-refractivity contribution < 1.29 is 13.9 Å². The monoisotopic (exact) mass is 289 g/mol. The topological polar surface area (TPSA) is 38.3 Å². The quantitative estimate of drug-likeness (QED) is 0.847. The van der Waals surface area contributed by atoms with Gasteiger partial charge in [-0.05, 0) is 35.0 Å². The molecule has 0 amide bonds. The Bertz CT molecular complexity index is 351. The van der Waals surface area contributed by atoms with E-state index in [2.05, 4.69) is 21.2 Å². The van der Waals surface area contributed by atoms with Crippen LogP contribution in [0.4, 0.5) is 10.1 Å². The molecule has 0 aliphatic carbocycles. The first-order valence-electron chi connectivity index (χ1n) is 4.98. The van der Waals surface area contributed by atoms with E-state index in [1.807, 2.05) is 0 Å². The number of hydrogen-bond acceptors (Lipinski definition) is 3. The lowest BCUT2D eigenvalue weighted by atomic mass is 10.3. The van der Waals surface area contributed by atoms with Crippen molar-refractivity contribution in [2.24, 2.45) is 0 Å². The maximum absolute atomic E-state index is 13.3. The Kier molecular flexibility index (Phi) is 5.25. The first-order chi connectivity index (χ1) is 7.65. The molecule has 1 N–H and O–H groups in total. The number of ether oxygens (including phenoxy) is 1. The zero-order valence-electron chi connectivity index (χ0n) is 8.93. The molecule has 0 atom stereocenters. The van der Waals surface area contributed by atoms with Crippen LogP contribution >= 0.6 is 15.9 Å². The SMILES string of the molecule is CCOC(=O)CCNc1c(F)cccc1Br. The molecular weight excluding hydrogens is 277 g/mol. The zero-order chi connectivity index (χ0) is 12.0. The number of halogens is 2. The predicted molar refractivity (Wildman–Crippen MR) is 63.8 cm³/mol.